The van der Waals surface area contributed by atoms with Crippen molar-refractivity contribution < 1.29 is 1.43 Å². The third-order valence-corrected chi connectivity index (χ3v) is 3.65. The van der Waals surface area contributed by atoms with Crippen molar-refractivity contribution in [2.75, 3.05) is 13.1 Å². The van der Waals surface area contributed by atoms with Gasteiger partial charge in [-0.25, -0.2) is 0 Å². The van der Waals surface area contributed by atoms with E-state index in [1.54, 1.807) is 0 Å². The van der Waals surface area contributed by atoms with Gasteiger partial charge in [0, 0.05) is 14.4 Å². The van der Waals surface area contributed by atoms with Crippen LogP contribution in [0.3, 0.4) is 0 Å². The number of aliphatic imine (C=N–C) groups is 1. The second kappa shape index (κ2) is 5.96. The molecule has 0 aromatic heterocycles. The third-order valence-electron chi connectivity index (χ3n) is 3.65. The highest BCUT2D eigenvalue weighted by Gasteiger charge is 2.17. The van der Waals surface area contributed by atoms with E-state index in [4.69, 9.17) is 0 Å². The number of nitrogens with zero attached hydrogens (tertiary/aromatic N) is 1. The lowest BCUT2D eigenvalue weighted by atomic mass is 9.83. The van der Waals surface area contributed by atoms with Crippen molar-refractivity contribution in [3.05, 3.63) is 34.4 Å². The summed E-state index contributed by atoms with van der Waals surface area (Å²) in [7, 11) is 0. The van der Waals surface area contributed by atoms with Gasteiger partial charge in [-0.2, -0.15) is 0 Å². The van der Waals surface area contributed by atoms with Gasteiger partial charge in [0.1, 0.15) is 5.84 Å². The van der Waals surface area contributed by atoms with E-state index in [0.717, 1.165) is 25.3 Å². The Morgan fingerprint density at radius 3 is 2.21 bits per heavy atom. The van der Waals surface area contributed by atoms with E-state index in [1.165, 1.54) is 22.3 Å². The Bertz CT molecular complexity index is 467. The first kappa shape index (κ1) is 16.0. The summed E-state index contributed by atoms with van der Waals surface area (Å²) in [5.74, 6) is 1.14. The summed E-state index contributed by atoms with van der Waals surface area (Å²) in [4.78, 5) is 4.49. The van der Waals surface area contributed by atoms with Crippen LogP contribution in [0.4, 0.5) is 0 Å². The number of amidine groups is 1. The first-order valence-electron chi connectivity index (χ1n) is 6.76. The van der Waals surface area contributed by atoms with Gasteiger partial charge in [0.15, 0.2) is 0 Å². The zero-order valence-electron chi connectivity index (χ0n) is 12.6. The van der Waals surface area contributed by atoms with E-state index in [1.807, 2.05) is 0 Å². The number of rotatable bonds is 2. The molecule has 0 fully saturated rings. The molecule has 0 saturated heterocycles. The molecule has 2 nitrogen and oxygen atoms in total. The van der Waals surface area contributed by atoms with Gasteiger partial charge in [-0.1, -0.05) is 32.9 Å². The number of halogens is 1. The minimum atomic E-state index is 0. The second-order valence-electron chi connectivity index (χ2n) is 6.27. The van der Waals surface area contributed by atoms with Crippen molar-refractivity contribution in [3.63, 3.8) is 0 Å². The van der Waals surface area contributed by atoms with Crippen molar-refractivity contribution in [1.82, 2.24) is 5.32 Å². The van der Waals surface area contributed by atoms with Gasteiger partial charge in [0.2, 0.25) is 0 Å². The van der Waals surface area contributed by atoms with Crippen LogP contribution in [-0.2, 0) is 11.8 Å². The fourth-order valence-corrected chi connectivity index (χ4v) is 2.44. The quantitative estimate of drug-likeness (QED) is 0.876. The first-order valence-corrected chi connectivity index (χ1v) is 6.76. The lowest BCUT2D eigenvalue weighted by Gasteiger charge is -2.22. The van der Waals surface area contributed by atoms with Crippen LogP contribution in [0.15, 0.2) is 17.1 Å². The molecule has 2 rings (SSSR count). The Morgan fingerprint density at radius 1 is 1.21 bits per heavy atom. The molecular weight excluding hydrogens is 256 g/mol. The van der Waals surface area contributed by atoms with E-state index in [2.05, 4.69) is 57.1 Å². The molecule has 1 N–H and O–H groups in total. The minimum absolute atomic E-state index is 0. The molecule has 0 atom stereocenters. The molecule has 0 amide bonds. The lowest BCUT2D eigenvalue weighted by Crippen LogP contribution is -2.22. The minimum Gasteiger partial charge on any atom is -0.372 e. The molecule has 1 aliphatic rings. The van der Waals surface area contributed by atoms with E-state index in [0.29, 0.717) is 0 Å². The molecular formula is C16H27ClN2. The number of hydrogen-bond donors (Lipinski definition) is 1. The van der Waals surface area contributed by atoms with Gasteiger partial charge < -0.3 is 5.32 Å². The fraction of sp³-hybridized carbons (Fsp3) is 0.562. The molecule has 1 heterocycles. The summed E-state index contributed by atoms with van der Waals surface area (Å²) in [6.45, 7) is 13.2. The van der Waals surface area contributed by atoms with Crippen molar-refractivity contribution in [1.29, 1.82) is 0 Å². The van der Waals surface area contributed by atoms with E-state index in [9.17, 15) is 0 Å². The number of nitrogens with one attached hydrogen (secondary N) is 1. The Balaban J connectivity index is 0.00000180. The van der Waals surface area contributed by atoms with Crippen LogP contribution in [0.5, 0.6) is 0 Å². The molecule has 0 bridgehead atoms. The maximum atomic E-state index is 4.49. The molecule has 0 radical (unpaired) electrons. The highest BCUT2D eigenvalue weighted by molar-refractivity contribution is 5.86. The summed E-state index contributed by atoms with van der Waals surface area (Å²) in [6, 6.07) is 4.66. The Hall–Kier alpha value is -1.02. The van der Waals surface area contributed by atoms with Gasteiger partial charge in [0.05, 0.1) is 6.54 Å². The molecule has 3 heteroatoms. The van der Waals surface area contributed by atoms with E-state index >= 15 is 0 Å². The topological polar surface area (TPSA) is 24.4 Å². The SMILES string of the molecule is Cc1cc(C(C)(C)C)cc(C)c1CC1=NCCN1.Cl.[HH]. The van der Waals surface area contributed by atoms with Crippen LogP contribution in [-0.4, -0.2) is 18.9 Å². The molecule has 0 saturated carbocycles. The van der Waals surface area contributed by atoms with Crippen LogP contribution < -0.4 is 5.32 Å². The molecule has 1 aliphatic heterocycles. The highest BCUT2D eigenvalue weighted by atomic mass is 35.5. The molecule has 19 heavy (non-hydrogen) atoms. The van der Waals surface area contributed by atoms with Crippen LogP contribution in [0, 0.1) is 13.8 Å². The summed E-state index contributed by atoms with van der Waals surface area (Å²) >= 11 is 0. The average molecular weight is 283 g/mol. The average Bonchev–Trinajstić information content (AvgIpc) is 2.74. The van der Waals surface area contributed by atoms with Gasteiger partial charge in [-0.3, -0.25) is 4.99 Å². The maximum Gasteiger partial charge on any atom is 0.101 e. The molecule has 108 valence electrons. The predicted octanol–water partition coefficient (Wildman–Crippen LogP) is 3.81. The third kappa shape index (κ3) is 3.73. The van der Waals surface area contributed by atoms with Crippen LogP contribution in [0.1, 0.15) is 44.5 Å². The van der Waals surface area contributed by atoms with Gasteiger partial charge in [-0.05, 0) is 41.5 Å². The molecule has 0 unspecified atom stereocenters. The fourth-order valence-electron chi connectivity index (χ4n) is 2.44. The van der Waals surface area contributed by atoms with Gasteiger partial charge >= 0.3 is 0 Å². The van der Waals surface area contributed by atoms with Crippen molar-refractivity contribution >= 4 is 18.2 Å². The van der Waals surface area contributed by atoms with E-state index < -0.39 is 0 Å². The van der Waals surface area contributed by atoms with E-state index in [-0.39, 0.29) is 19.2 Å². The first-order chi connectivity index (χ1) is 8.38. The Kier molecular flexibility index (Phi) is 5.03. The van der Waals surface area contributed by atoms with Gasteiger partial charge in [-0.15, -0.1) is 12.4 Å². The maximum absolute atomic E-state index is 4.49. The summed E-state index contributed by atoms with van der Waals surface area (Å²) < 4.78 is 0. The highest BCUT2D eigenvalue weighted by Crippen LogP contribution is 2.27. The van der Waals surface area contributed by atoms with Crippen LogP contribution >= 0.6 is 12.4 Å². The van der Waals surface area contributed by atoms with Crippen LogP contribution in [0.25, 0.3) is 0 Å². The van der Waals surface area contributed by atoms with Crippen LogP contribution in [0.2, 0.25) is 0 Å². The van der Waals surface area contributed by atoms with Crippen molar-refractivity contribution in [2.45, 2.75) is 46.5 Å². The summed E-state index contributed by atoms with van der Waals surface area (Å²) in [5, 5.41) is 3.35. The number of hydrogen-bond acceptors (Lipinski definition) is 2. The standard InChI is InChI=1S/C16H24N2.ClH.H2/c1-11-8-13(16(3,4)5)9-12(2)14(11)10-15-17-6-7-18-15;;/h8-9H,6-7,10H2,1-5H3,(H,17,18);2*1H. The largest absolute Gasteiger partial charge is 0.372 e. The lowest BCUT2D eigenvalue weighted by molar-refractivity contribution is 0.589. The monoisotopic (exact) mass is 282 g/mol. The molecule has 0 aliphatic carbocycles. The zero-order chi connectivity index (χ0) is 13.3. The molecule has 1 aromatic carbocycles. The summed E-state index contributed by atoms with van der Waals surface area (Å²) in [5.41, 5.74) is 5.84. The Morgan fingerprint density at radius 2 is 1.79 bits per heavy atom. The predicted molar refractivity (Wildman–Crippen MR) is 88.0 cm³/mol. The molecule has 1 aromatic rings. The normalized spacial score (nSPS) is 14.7. The zero-order valence-corrected chi connectivity index (χ0v) is 13.4. The summed E-state index contributed by atoms with van der Waals surface area (Å²) in [6.07, 6.45) is 0.947. The molecule has 0 spiro atoms. The smallest absolute Gasteiger partial charge is 0.101 e. The number of aryl methyl sites for hydroxylation is 2. The van der Waals surface area contributed by atoms with Crippen molar-refractivity contribution in [3.8, 4) is 0 Å². The van der Waals surface area contributed by atoms with Crippen molar-refractivity contribution in [2.24, 2.45) is 4.99 Å². The Labute approximate surface area is 124 Å². The second-order valence-corrected chi connectivity index (χ2v) is 6.27. The van der Waals surface area contributed by atoms with Gasteiger partial charge in [0.25, 0.3) is 0 Å². The number of benzene rings is 1.